The lowest BCUT2D eigenvalue weighted by Gasteiger charge is -2.15. The molecule has 2 heterocycles. The number of benzene rings is 2. The summed E-state index contributed by atoms with van der Waals surface area (Å²) in [6.07, 6.45) is 6.32. The van der Waals surface area contributed by atoms with Gasteiger partial charge in [0.2, 0.25) is 0 Å². The van der Waals surface area contributed by atoms with E-state index in [1.165, 1.54) is 36.9 Å². The molecule has 38 heavy (non-hydrogen) atoms. The van der Waals surface area contributed by atoms with Crippen LogP contribution in [0.3, 0.4) is 0 Å². The number of carbonyl (C=O) groups is 4. The van der Waals surface area contributed by atoms with E-state index in [1.54, 1.807) is 48.5 Å². The van der Waals surface area contributed by atoms with Gasteiger partial charge in [-0.1, -0.05) is 63.3 Å². The van der Waals surface area contributed by atoms with Gasteiger partial charge in [0, 0.05) is 16.3 Å². The van der Waals surface area contributed by atoms with Crippen LogP contribution in [0.25, 0.3) is 20.9 Å². The molecule has 0 saturated carbocycles. The van der Waals surface area contributed by atoms with Gasteiger partial charge in [-0.15, -0.1) is 11.3 Å². The third kappa shape index (κ3) is 5.41. The Balaban J connectivity index is 1.70. The van der Waals surface area contributed by atoms with E-state index in [4.69, 9.17) is 9.47 Å². The summed E-state index contributed by atoms with van der Waals surface area (Å²) in [6.45, 7) is 2.55. The van der Waals surface area contributed by atoms with E-state index in [9.17, 15) is 19.2 Å². The van der Waals surface area contributed by atoms with Crippen LogP contribution in [0.1, 0.15) is 86.9 Å². The molecule has 0 aliphatic carbocycles. The molecule has 2 amide bonds. The predicted molar refractivity (Wildman–Crippen MR) is 147 cm³/mol. The second-order valence-electron chi connectivity index (χ2n) is 9.18. The van der Waals surface area contributed by atoms with E-state index in [0.29, 0.717) is 38.6 Å². The van der Waals surface area contributed by atoms with Gasteiger partial charge in [-0.05, 0) is 41.8 Å². The van der Waals surface area contributed by atoms with Gasteiger partial charge in [-0.3, -0.25) is 14.5 Å². The number of esters is 2. The second-order valence-corrected chi connectivity index (χ2v) is 10.2. The van der Waals surface area contributed by atoms with Crippen molar-refractivity contribution in [1.29, 1.82) is 0 Å². The fourth-order valence-corrected chi connectivity index (χ4v) is 5.91. The maximum Gasteiger partial charge on any atom is 0.337 e. The van der Waals surface area contributed by atoms with Gasteiger partial charge in [-0.2, -0.15) is 0 Å². The summed E-state index contributed by atoms with van der Waals surface area (Å²) >= 11 is 1.35. The fourth-order valence-electron chi connectivity index (χ4n) is 4.61. The van der Waals surface area contributed by atoms with Crippen LogP contribution in [0.4, 0.5) is 0 Å². The fraction of sp³-hybridized carbons (Fsp3) is 0.333. The number of hydrogen-bond donors (Lipinski definition) is 0. The van der Waals surface area contributed by atoms with Crippen molar-refractivity contribution in [3.8, 4) is 20.9 Å². The molecule has 198 valence electrons. The molecule has 0 bridgehead atoms. The van der Waals surface area contributed by atoms with Gasteiger partial charge in [0.25, 0.3) is 11.8 Å². The first-order chi connectivity index (χ1) is 18.4. The van der Waals surface area contributed by atoms with Gasteiger partial charge in [0.05, 0.1) is 36.5 Å². The van der Waals surface area contributed by atoms with E-state index in [2.05, 4.69) is 6.92 Å². The van der Waals surface area contributed by atoms with Crippen LogP contribution in [0.2, 0.25) is 0 Å². The average Bonchev–Trinajstić information content (AvgIpc) is 3.46. The first-order valence-electron chi connectivity index (χ1n) is 12.8. The molecule has 1 aliphatic heterocycles. The Bertz CT molecular complexity index is 1250. The van der Waals surface area contributed by atoms with Crippen molar-refractivity contribution in [3.05, 3.63) is 70.8 Å². The van der Waals surface area contributed by atoms with E-state index >= 15 is 0 Å². The van der Waals surface area contributed by atoms with Crippen LogP contribution < -0.4 is 0 Å². The van der Waals surface area contributed by atoms with Crippen molar-refractivity contribution < 1.29 is 28.7 Å². The molecule has 0 radical (unpaired) electrons. The van der Waals surface area contributed by atoms with Crippen LogP contribution in [-0.2, 0) is 9.47 Å². The van der Waals surface area contributed by atoms with E-state index < -0.39 is 11.9 Å². The minimum absolute atomic E-state index is 0.292. The molecule has 4 rings (SSSR count). The van der Waals surface area contributed by atoms with Crippen molar-refractivity contribution in [2.45, 2.75) is 45.4 Å². The highest BCUT2D eigenvalue weighted by atomic mass is 32.1. The molecule has 1 aromatic heterocycles. The molecule has 8 heteroatoms. The summed E-state index contributed by atoms with van der Waals surface area (Å²) in [5, 5.41) is 0. The van der Waals surface area contributed by atoms with Crippen LogP contribution in [-0.4, -0.2) is 49.4 Å². The normalized spacial score (nSPS) is 12.6. The van der Waals surface area contributed by atoms with Crippen molar-refractivity contribution in [1.82, 2.24) is 4.90 Å². The maximum atomic E-state index is 13.6. The number of thiophene rings is 1. The molecule has 0 N–H and O–H groups in total. The summed E-state index contributed by atoms with van der Waals surface area (Å²) in [5.74, 6) is -1.48. The summed E-state index contributed by atoms with van der Waals surface area (Å²) in [5.41, 5.74) is 3.05. The Morgan fingerprint density at radius 1 is 0.684 bits per heavy atom. The summed E-state index contributed by atoms with van der Waals surface area (Å²) < 4.78 is 9.58. The predicted octanol–water partition coefficient (Wildman–Crippen LogP) is 6.61. The van der Waals surface area contributed by atoms with Crippen LogP contribution in [0.5, 0.6) is 0 Å². The number of nitrogens with zero attached hydrogens (tertiary/aromatic N) is 1. The minimum atomic E-state index is -0.448. The van der Waals surface area contributed by atoms with E-state index in [0.717, 1.165) is 43.2 Å². The number of fused-ring (bicyclic) bond motifs is 1. The zero-order valence-electron chi connectivity index (χ0n) is 21.9. The topological polar surface area (TPSA) is 90.0 Å². The highest BCUT2D eigenvalue weighted by Gasteiger charge is 2.41. The number of imide groups is 1. The monoisotopic (exact) mass is 533 g/mol. The van der Waals surface area contributed by atoms with Gasteiger partial charge >= 0.3 is 11.9 Å². The Morgan fingerprint density at radius 2 is 1.11 bits per heavy atom. The Labute approximate surface area is 226 Å². The Hall–Kier alpha value is -3.78. The molecule has 0 spiro atoms. The molecule has 0 saturated heterocycles. The number of unbranched alkanes of at least 4 members (excludes halogenated alkanes) is 5. The quantitative estimate of drug-likeness (QED) is 0.156. The highest BCUT2D eigenvalue weighted by Crippen LogP contribution is 2.46. The molecule has 0 unspecified atom stereocenters. The lowest BCUT2D eigenvalue weighted by atomic mass is 10.0. The second kappa shape index (κ2) is 12.2. The lowest BCUT2D eigenvalue weighted by molar-refractivity contribution is 0.0592. The summed E-state index contributed by atoms with van der Waals surface area (Å²) in [4.78, 5) is 53.7. The van der Waals surface area contributed by atoms with Crippen LogP contribution >= 0.6 is 11.3 Å². The third-order valence-corrected chi connectivity index (χ3v) is 7.99. The molecular formula is C30H31NO6S. The van der Waals surface area contributed by atoms with Crippen molar-refractivity contribution >= 4 is 35.1 Å². The summed E-state index contributed by atoms with van der Waals surface area (Å²) in [7, 11) is 2.64. The van der Waals surface area contributed by atoms with Crippen molar-refractivity contribution in [3.63, 3.8) is 0 Å². The average molecular weight is 534 g/mol. The SMILES string of the molecule is CCCCCCCCN1C(=O)c2c(-c3ccc(C(=O)OC)cc3)sc(-c3ccc(C(=O)OC)cc3)c2C1=O. The minimum Gasteiger partial charge on any atom is -0.465 e. The van der Waals surface area contributed by atoms with E-state index in [-0.39, 0.29) is 11.8 Å². The Morgan fingerprint density at radius 3 is 1.53 bits per heavy atom. The van der Waals surface area contributed by atoms with Crippen molar-refractivity contribution in [2.75, 3.05) is 20.8 Å². The molecule has 0 fully saturated rings. The first-order valence-corrected chi connectivity index (χ1v) is 13.6. The number of ether oxygens (including phenoxy) is 2. The molecular weight excluding hydrogens is 502 g/mol. The maximum absolute atomic E-state index is 13.6. The van der Waals surface area contributed by atoms with Crippen molar-refractivity contribution in [2.24, 2.45) is 0 Å². The van der Waals surface area contributed by atoms with Gasteiger partial charge in [0.15, 0.2) is 0 Å². The smallest absolute Gasteiger partial charge is 0.337 e. The first kappa shape index (κ1) is 27.3. The number of methoxy groups -OCH3 is 2. The largest absolute Gasteiger partial charge is 0.465 e. The zero-order chi connectivity index (χ0) is 27.2. The number of carbonyl (C=O) groups excluding carboxylic acids is 4. The molecule has 7 nitrogen and oxygen atoms in total. The van der Waals surface area contributed by atoms with Gasteiger partial charge in [-0.25, -0.2) is 9.59 Å². The van der Waals surface area contributed by atoms with Crippen LogP contribution in [0, 0.1) is 0 Å². The standard InChI is InChI=1S/C30H31NO6S/c1-4-5-6-7-8-9-18-31-27(32)23-24(28(31)33)26(20-12-16-22(17-13-20)30(35)37-3)38-25(23)19-10-14-21(15-11-19)29(34)36-2/h10-17H,4-9,18H2,1-3H3. The third-order valence-electron chi connectivity index (χ3n) is 6.70. The molecule has 2 aromatic carbocycles. The van der Waals surface area contributed by atoms with Gasteiger partial charge < -0.3 is 9.47 Å². The number of amides is 2. The molecule has 0 atom stereocenters. The number of rotatable bonds is 11. The zero-order valence-corrected chi connectivity index (χ0v) is 22.7. The summed E-state index contributed by atoms with van der Waals surface area (Å²) in [6, 6.07) is 13.6. The molecule has 3 aromatic rings. The Kier molecular flexibility index (Phi) is 8.73. The number of hydrogen-bond acceptors (Lipinski definition) is 7. The molecule has 1 aliphatic rings. The van der Waals surface area contributed by atoms with Crippen LogP contribution in [0.15, 0.2) is 48.5 Å². The van der Waals surface area contributed by atoms with Gasteiger partial charge in [0.1, 0.15) is 0 Å². The van der Waals surface area contributed by atoms with E-state index in [1.807, 2.05) is 0 Å². The lowest BCUT2D eigenvalue weighted by Crippen LogP contribution is -2.31. The highest BCUT2D eigenvalue weighted by molar-refractivity contribution is 7.20.